The van der Waals surface area contributed by atoms with Crippen molar-refractivity contribution in [3.63, 3.8) is 0 Å². The number of carbonyl (C=O) groups excluding carboxylic acids is 2. The van der Waals surface area contributed by atoms with Gasteiger partial charge in [-0.3, -0.25) is 14.5 Å². The number of rotatable bonds is 3. The van der Waals surface area contributed by atoms with Crippen LogP contribution in [0.25, 0.3) is 0 Å². The minimum absolute atomic E-state index is 0.0629. The quantitative estimate of drug-likeness (QED) is 0.600. The van der Waals surface area contributed by atoms with E-state index in [2.05, 4.69) is 0 Å². The lowest BCUT2D eigenvalue weighted by molar-refractivity contribution is -0.116. The van der Waals surface area contributed by atoms with Gasteiger partial charge in [0, 0.05) is 11.3 Å². The van der Waals surface area contributed by atoms with Gasteiger partial charge < -0.3 is 9.47 Å². The largest absolute Gasteiger partial charge is 0.461 e. The molecule has 0 aromatic heterocycles. The van der Waals surface area contributed by atoms with Crippen LogP contribution in [-0.2, 0) is 19.1 Å². The van der Waals surface area contributed by atoms with Crippen LogP contribution < -0.4 is 4.90 Å². The molecule has 27 heavy (non-hydrogen) atoms. The molecule has 6 heteroatoms. The van der Waals surface area contributed by atoms with Crippen LogP contribution in [0.1, 0.15) is 11.6 Å². The van der Waals surface area contributed by atoms with Gasteiger partial charge in [-0.2, -0.15) is 0 Å². The lowest BCUT2D eigenvalue weighted by Crippen LogP contribution is -2.41. The van der Waals surface area contributed by atoms with E-state index in [1.54, 1.807) is 4.90 Å². The summed E-state index contributed by atoms with van der Waals surface area (Å²) in [6.45, 7) is 0.667. The van der Waals surface area contributed by atoms with E-state index in [9.17, 15) is 9.59 Å². The van der Waals surface area contributed by atoms with Gasteiger partial charge in [-0.05, 0) is 17.7 Å². The number of ether oxygens (including phenoxy) is 2. The number of nitrogens with zero attached hydrogens (tertiary/aromatic N) is 1. The van der Waals surface area contributed by atoms with E-state index in [0.717, 1.165) is 5.56 Å². The molecule has 0 N–H and O–H groups in total. The maximum Gasteiger partial charge on any atom is 0.294 e. The van der Waals surface area contributed by atoms with Crippen LogP contribution in [0.3, 0.4) is 0 Å². The Morgan fingerprint density at radius 2 is 1.56 bits per heavy atom. The summed E-state index contributed by atoms with van der Waals surface area (Å²) in [4.78, 5) is 27.0. The first kappa shape index (κ1) is 17.4. The van der Waals surface area contributed by atoms with Crippen molar-refractivity contribution in [3.05, 3.63) is 88.4 Å². The summed E-state index contributed by atoms with van der Waals surface area (Å²) >= 11 is 6.50. The highest BCUT2D eigenvalue weighted by molar-refractivity contribution is 6.39. The topological polar surface area (TPSA) is 55.8 Å². The van der Waals surface area contributed by atoms with E-state index in [-0.39, 0.29) is 28.0 Å². The fraction of sp³-hybridized carbons (Fsp3) is 0.143. The second-order valence-electron chi connectivity index (χ2n) is 6.07. The second kappa shape index (κ2) is 7.29. The summed E-state index contributed by atoms with van der Waals surface area (Å²) in [7, 11) is 0. The Hall–Kier alpha value is -3.05. The van der Waals surface area contributed by atoms with Crippen molar-refractivity contribution in [3.8, 4) is 0 Å². The molecular weight excluding hydrogens is 366 g/mol. The SMILES string of the molecule is O=CC1=C(Cl)C(=C2OCCO2)C(=O)N(c2ccccc2)C1c1ccccc1. The summed E-state index contributed by atoms with van der Waals surface area (Å²) in [5.74, 6) is -0.306. The van der Waals surface area contributed by atoms with Gasteiger partial charge in [-0.1, -0.05) is 60.1 Å². The molecule has 0 bridgehead atoms. The minimum Gasteiger partial charge on any atom is -0.461 e. The molecule has 2 aliphatic heterocycles. The number of hydrogen-bond donors (Lipinski definition) is 0. The van der Waals surface area contributed by atoms with E-state index < -0.39 is 6.04 Å². The van der Waals surface area contributed by atoms with Crippen molar-refractivity contribution in [2.24, 2.45) is 0 Å². The molecule has 0 radical (unpaired) electrons. The average Bonchev–Trinajstić information content (AvgIpc) is 3.23. The fourth-order valence-corrected chi connectivity index (χ4v) is 3.61. The van der Waals surface area contributed by atoms with Crippen LogP contribution in [0.5, 0.6) is 0 Å². The molecule has 1 unspecified atom stereocenters. The number of para-hydroxylation sites is 1. The predicted molar refractivity (Wildman–Crippen MR) is 101 cm³/mol. The Kier molecular flexibility index (Phi) is 4.69. The Labute approximate surface area is 161 Å². The van der Waals surface area contributed by atoms with Crippen LogP contribution in [0, 0.1) is 0 Å². The lowest BCUT2D eigenvalue weighted by Gasteiger charge is -2.37. The first-order chi connectivity index (χ1) is 13.2. The fourth-order valence-electron chi connectivity index (χ4n) is 3.30. The van der Waals surface area contributed by atoms with Crippen LogP contribution in [0.15, 0.2) is 82.8 Å². The van der Waals surface area contributed by atoms with Gasteiger partial charge in [0.15, 0.2) is 0 Å². The van der Waals surface area contributed by atoms with Gasteiger partial charge in [0.05, 0.1) is 11.1 Å². The molecule has 0 aliphatic carbocycles. The zero-order valence-corrected chi connectivity index (χ0v) is 15.1. The molecule has 5 nitrogen and oxygen atoms in total. The molecule has 4 rings (SSSR count). The Bertz CT molecular complexity index is 929. The summed E-state index contributed by atoms with van der Waals surface area (Å²) in [6, 6.07) is 17.8. The minimum atomic E-state index is -0.642. The number of halogens is 1. The summed E-state index contributed by atoms with van der Waals surface area (Å²) in [6.07, 6.45) is 0.692. The van der Waals surface area contributed by atoms with Crippen LogP contribution >= 0.6 is 11.6 Å². The molecule has 136 valence electrons. The molecule has 0 spiro atoms. The summed E-state index contributed by atoms with van der Waals surface area (Å²) < 4.78 is 10.9. The third-order valence-corrected chi connectivity index (χ3v) is 4.90. The van der Waals surface area contributed by atoms with Gasteiger partial charge in [0.2, 0.25) is 0 Å². The zero-order valence-electron chi connectivity index (χ0n) is 14.3. The predicted octanol–water partition coefficient (Wildman–Crippen LogP) is 3.72. The molecule has 2 aromatic carbocycles. The normalized spacial score (nSPS) is 19.8. The van der Waals surface area contributed by atoms with Gasteiger partial charge in [0.25, 0.3) is 11.9 Å². The second-order valence-corrected chi connectivity index (χ2v) is 6.45. The van der Waals surface area contributed by atoms with E-state index >= 15 is 0 Å². The molecular formula is C21H16ClNO4. The molecule has 1 saturated heterocycles. The lowest BCUT2D eigenvalue weighted by atomic mass is 9.90. The van der Waals surface area contributed by atoms with Gasteiger partial charge in [-0.15, -0.1) is 0 Å². The number of amides is 1. The third-order valence-electron chi connectivity index (χ3n) is 4.49. The van der Waals surface area contributed by atoms with Crippen molar-refractivity contribution in [2.75, 3.05) is 18.1 Å². The summed E-state index contributed by atoms with van der Waals surface area (Å²) in [5, 5.41) is 0.0629. The van der Waals surface area contributed by atoms with E-state index in [4.69, 9.17) is 21.1 Å². The van der Waals surface area contributed by atoms with E-state index in [1.807, 2.05) is 60.7 Å². The van der Waals surface area contributed by atoms with E-state index in [1.165, 1.54) is 0 Å². The van der Waals surface area contributed by atoms with Crippen molar-refractivity contribution in [2.45, 2.75) is 6.04 Å². The number of hydrogen-bond acceptors (Lipinski definition) is 4. The molecule has 2 aromatic rings. The van der Waals surface area contributed by atoms with Crippen LogP contribution in [0.4, 0.5) is 5.69 Å². The standard InChI is InChI=1S/C21H16ClNO4/c22-18-16(13-24)19(14-7-3-1-4-8-14)23(15-9-5-2-6-10-15)20(25)17(18)21-26-11-12-27-21/h1-10,13,19H,11-12H2. The molecule has 1 amide bonds. The Morgan fingerprint density at radius 3 is 2.15 bits per heavy atom. The average molecular weight is 382 g/mol. The molecule has 1 atom stereocenters. The van der Waals surface area contributed by atoms with Crippen molar-refractivity contribution < 1.29 is 19.1 Å². The summed E-state index contributed by atoms with van der Waals surface area (Å²) in [5.41, 5.74) is 1.79. The highest BCUT2D eigenvalue weighted by atomic mass is 35.5. The van der Waals surface area contributed by atoms with Crippen molar-refractivity contribution in [1.82, 2.24) is 0 Å². The number of anilines is 1. The zero-order chi connectivity index (χ0) is 18.8. The molecule has 2 aliphatic rings. The maximum atomic E-state index is 13.4. The van der Waals surface area contributed by atoms with E-state index in [0.29, 0.717) is 25.2 Å². The number of carbonyl (C=O) groups is 2. The van der Waals surface area contributed by atoms with Crippen molar-refractivity contribution >= 4 is 29.5 Å². The van der Waals surface area contributed by atoms with Gasteiger partial charge in [-0.25, -0.2) is 0 Å². The Balaban J connectivity index is 1.98. The highest BCUT2D eigenvalue weighted by Gasteiger charge is 2.42. The monoisotopic (exact) mass is 381 g/mol. The Morgan fingerprint density at radius 1 is 0.963 bits per heavy atom. The molecule has 1 fully saturated rings. The number of benzene rings is 2. The maximum absolute atomic E-state index is 13.4. The van der Waals surface area contributed by atoms with Gasteiger partial charge in [0.1, 0.15) is 25.1 Å². The van der Waals surface area contributed by atoms with Crippen LogP contribution in [0.2, 0.25) is 0 Å². The smallest absolute Gasteiger partial charge is 0.294 e. The van der Waals surface area contributed by atoms with Gasteiger partial charge >= 0.3 is 0 Å². The highest BCUT2D eigenvalue weighted by Crippen LogP contribution is 2.43. The van der Waals surface area contributed by atoms with Crippen molar-refractivity contribution in [1.29, 1.82) is 0 Å². The number of aldehydes is 1. The molecule has 2 heterocycles. The third kappa shape index (κ3) is 3.00. The first-order valence-corrected chi connectivity index (χ1v) is 8.89. The molecule has 0 saturated carbocycles. The van der Waals surface area contributed by atoms with Crippen LogP contribution in [-0.4, -0.2) is 25.4 Å². The first-order valence-electron chi connectivity index (χ1n) is 8.51.